The quantitative estimate of drug-likeness (QED) is 0.0720. The summed E-state index contributed by atoms with van der Waals surface area (Å²) in [5.74, 6) is 0. The second-order valence-electron chi connectivity index (χ2n) is 10.8. The Bertz CT molecular complexity index is 420. The zero-order valence-electron chi connectivity index (χ0n) is 24.7. The lowest BCUT2D eigenvalue weighted by atomic mass is 10.1. The van der Waals surface area contributed by atoms with Gasteiger partial charge in [0.15, 0.2) is 0 Å². The van der Waals surface area contributed by atoms with Gasteiger partial charge in [-0.1, -0.05) is 156 Å². The normalized spacial score (nSPS) is 11.6. The minimum atomic E-state index is -4.64. The molecule has 0 aliphatic carbocycles. The van der Waals surface area contributed by atoms with E-state index in [-0.39, 0.29) is 0 Å². The topological polar surface area (TPSA) is 81.0 Å². The monoisotopic (exact) mass is 535 g/mol. The molecule has 0 rings (SSSR count). The molecule has 0 unspecified atom stereocenters. The lowest BCUT2D eigenvalue weighted by Gasteiger charge is -2.22. The van der Waals surface area contributed by atoms with Gasteiger partial charge in [-0.15, -0.1) is 0 Å². The SMILES string of the molecule is CCCCCCCCCCCCCCN(CCCCCCCC)CCCCCCCC.O=P(O)(O)O. The minimum absolute atomic E-state index is 1.36. The molecule has 0 bridgehead atoms. The number of nitrogens with zero attached hydrogens (tertiary/aromatic N) is 1. The summed E-state index contributed by atoms with van der Waals surface area (Å²) in [6, 6.07) is 0. The van der Waals surface area contributed by atoms with Crippen molar-refractivity contribution in [1.29, 1.82) is 0 Å². The zero-order valence-corrected chi connectivity index (χ0v) is 25.6. The van der Waals surface area contributed by atoms with Crippen molar-refractivity contribution in [3.05, 3.63) is 0 Å². The van der Waals surface area contributed by atoms with Crippen molar-refractivity contribution in [2.75, 3.05) is 19.6 Å². The molecule has 36 heavy (non-hydrogen) atoms. The van der Waals surface area contributed by atoms with Crippen LogP contribution in [0.5, 0.6) is 0 Å². The Balaban J connectivity index is 0. The van der Waals surface area contributed by atoms with E-state index in [1.165, 1.54) is 174 Å². The number of phosphoric acid groups is 1. The maximum Gasteiger partial charge on any atom is 0.466 e. The first-order valence-electron chi connectivity index (χ1n) is 15.9. The Morgan fingerprint density at radius 3 is 0.750 bits per heavy atom. The first kappa shape index (κ1) is 38.2. The molecule has 0 spiro atoms. The summed E-state index contributed by atoms with van der Waals surface area (Å²) in [5, 5.41) is 0. The Hall–Kier alpha value is 0.0700. The summed E-state index contributed by atoms with van der Waals surface area (Å²) in [4.78, 5) is 24.4. The van der Waals surface area contributed by atoms with Gasteiger partial charge >= 0.3 is 7.82 Å². The lowest BCUT2D eigenvalue weighted by molar-refractivity contribution is 0.254. The molecule has 5 nitrogen and oxygen atoms in total. The van der Waals surface area contributed by atoms with Crippen LogP contribution in [-0.4, -0.2) is 39.2 Å². The van der Waals surface area contributed by atoms with Crippen molar-refractivity contribution in [1.82, 2.24) is 4.90 Å². The van der Waals surface area contributed by atoms with Crippen molar-refractivity contribution in [3.63, 3.8) is 0 Å². The molecule has 0 aliphatic rings. The Kier molecular flexibility index (Phi) is 33.2. The van der Waals surface area contributed by atoms with Crippen molar-refractivity contribution < 1.29 is 19.2 Å². The summed E-state index contributed by atoms with van der Waals surface area (Å²) >= 11 is 0. The van der Waals surface area contributed by atoms with Gasteiger partial charge in [-0.3, -0.25) is 0 Å². The second kappa shape index (κ2) is 31.3. The maximum absolute atomic E-state index is 8.88. The van der Waals surface area contributed by atoms with Crippen LogP contribution in [0, 0.1) is 0 Å². The van der Waals surface area contributed by atoms with Crippen LogP contribution in [-0.2, 0) is 4.57 Å². The van der Waals surface area contributed by atoms with Gasteiger partial charge in [-0.05, 0) is 38.9 Å². The molecule has 6 heteroatoms. The Labute approximate surface area is 226 Å². The third-order valence-electron chi connectivity index (χ3n) is 6.98. The predicted octanol–water partition coefficient (Wildman–Crippen LogP) is 9.78. The van der Waals surface area contributed by atoms with Crippen LogP contribution in [0.1, 0.15) is 175 Å². The van der Waals surface area contributed by atoms with E-state index >= 15 is 0 Å². The predicted molar refractivity (Wildman–Crippen MR) is 159 cm³/mol. The fraction of sp³-hybridized carbons (Fsp3) is 1.00. The van der Waals surface area contributed by atoms with E-state index in [1.54, 1.807) is 0 Å². The maximum atomic E-state index is 8.88. The average Bonchev–Trinajstić information content (AvgIpc) is 2.82. The van der Waals surface area contributed by atoms with E-state index in [4.69, 9.17) is 19.2 Å². The molecule has 0 saturated carbocycles. The first-order chi connectivity index (χ1) is 17.3. The zero-order chi connectivity index (χ0) is 27.2. The van der Waals surface area contributed by atoms with Gasteiger partial charge in [0.1, 0.15) is 0 Å². The third-order valence-corrected chi connectivity index (χ3v) is 6.98. The molecule has 0 aromatic carbocycles. The van der Waals surface area contributed by atoms with Gasteiger partial charge in [0.2, 0.25) is 0 Å². The van der Waals surface area contributed by atoms with E-state index in [9.17, 15) is 0 Å². The second-order valence-corrected chi connectivity index (χ2v) is 11.8. The third kappa shape index (κ3) is 41.2. The van der Waals surface area contributed by atoms with E-state index in [1.807, 2.05) is 0 Å². The largest absolute Gasteiger partial charge is 0.466 e. The van der Waals surface area contributed by atoms with Crippen LogP contribution in [0.3, 0.4) is 0 Å². The molecule has 0 atom stereocenters. The van der Waals surface area contributed by atoms with Gasteiger partial charge in [-0.25, -0.2) is 4.57 Å². The van der Waals surface area contributed by atoms with Crippen LogP contribution in [0.25, 0.3) is 0 Å². The van der Waals surface area contributed by atoms with Crippen molar-refractivity contribution >= 4 is 7.82 Å². The van der Waals surface area contributed by atoms with Gasteiger partial charge < -0.3 is 19.6 Å². The van der Waals surface area contributed by atoms with Crippen LogP contribution >= 0.6 is 7.82 Å². The fourth-order valence-electron chi connectivity index (χ4n) is 4.74. The highest BCUT2D eigenvalue weighted by atomic mass is 31.2. The summed E-state index contributed by atoms with van der Waals surface area (Å²) < 4.78 is 8.88. The first-order valence-corrected chi connectivity index (χ1v) is 17.4. The summed E-state index contributed by atoms with van der Waals surface area (Å²) in [6.45, 7) is 11.0. The van der Waals surface area contributed by atoms with Gasteiger partial charge in [0.05, 0.1) is 0 Å². The summed E-state index contributed by atoms with van der Waals surface area (Å²) in [7, 11) is -4.64. The molecule has 0 aromatic heterocycles. The van der Waals surface area contributed by atoms with Gasteiger partial charge in [-0.2, -0.15) is 0 Å². The number of rotatable bonds is 27. The van der Waals surface area contributed by atoms with E-state index < -0.39 is 7.82 Å². The number of unbranched alkanes of at least 4 members (excludes halogenated alkanes) is 21. The molecule has 0 radical (unpaired) electrons. The molecule has 0 saturated heterocycles. The van der Waals surface area contributed by atoms with Gasteiger partial charge in [0.25, 0.3) is 0 Å². The molecule has 0 amide bonds. The van der Waals surface area contributed by atoms with Gasteiger partial charge in [0, 0.05) is 0 Å². The fourth-order valence-corrected chi connectivity index (χ4v) is 4.74. The van der Waals surface area contributed by atoms with Crippen LogP contribution in [0.2, 0.25) is 0 Å². The molecule has 220 valence electrons. The average molecular weight is 536 g/mol. The van der Waals surface area contributed by atoms with E-state index in [0.29, 0.717) is 0 Å². The molecule has 3 N–H and O–H groups in total. The summed E-state index contributed by atoms with van der Waals surface area (Å²) in [5.41, 5.74) is 0. The standard InChI is InChI=1S/C30H63N.H3O4P/c1-4-7-10-13-16-17-18-19-20-21-24-27-30-31(28-25-22-14-11-8-5-2)29-26-23-15-12-9-6-3;1-5(2,3)4/h4-30H2,1-3H3;(H3,1,2,3,4). The molecular formula is C30H66NO4P. The van der Waals surface area contributed by atoms with Crippen LogP contribution < -0.4 is 0 Å². The molecule has 0 heterocycles. The Morgan fingerprint density at radius 1 is 0.389 bits per heavy atom. The van der Waals surface area contributed by atoms with Crippen LogP contribution in [0.15, 0.2) is 0 Å². The van der Waals surface area contributed by atoms with E-state index in [2.05, 4.69) is 25.7 Å². The van der Waals surface area contributed by atoms with E-state index in [0.717, 1.165) is 0 Å². The number of hydrogen-bond donors (Lipinski definition) is 3. The molecule has 0 aromatic rings. The lowest BCUT2D eigenvalue weighted by Crippen LogP contribution is -2.27. The van der Waals surface area contributed by atoms with Crippen molar-refractivity contribution in [3.8, 4) is 0 Å². The molecular weight excluding hydrogens is 469 g/mol. The highest BCUT2D eigenvalue weighted by Gasteiger charge is 2.05. The Morgan fingerprint density at radius 2 is 0.556 bits per heavy atom. The highest BCUT2D eigenvalue weighted by molar-refractivity contribution is 7.45. The molecule has 0 aliphatic heterocycles. The molecule has 0 fully saturated rings. The smallest absolute Gasteiger partial charge is 0.303 e. The van der Waals surface area contributed by atoms with Crippen LogP contribution in [0.4, 0.5) is 0 Å². The summed E-state index contributed by atoms with van der Waals surface area (Å²) in [6.07, 6.45) is 34.7. The minimum Gasteiger partial charge on any atom is -0.303 e. The highest BCUT2D eigenvalue weighted by Crippen LogP contribution is 2.25. The van der Waals surface area contributed by atoms with Crippen molar-refractivity contribution in [2.24, 2.45) is 0 Å². The number of hydrogen-bond acceptors (Lipinski definition) is 2. The van der Waals surface area contributed by atoms with Crippen molar-refractivity contribution in [2.45, 2.75) is 175 Å².